The van der Waals surface area contributed by atoms with E-state index in [0.29, 0.717) is 18.3 Å². The standard InChI is InChI=1S/C20H18N4O/c1-12-9-16-18(17(25)10-12)19(24-20(23-16)21-11-22-24)15-8-4-6-13-5-2-3-7-14(13)15/h2-8,11-12,19H,9-10H2,1H3,(H,21,22,23). The number of rotatable bonds is 1. The Hall–Kier alpha value is -2.95. The number of nitrogens with zero attached hydrogens (tertiary/aromatic N) is 3. The molecule has 2 heterocycles. The average Bonchev–Trinajstić information content (AvgIpc) is 3.07. The number of allylic oxidation sites excluding steroid dienone is 2. The predicted molar refractivity (Wildman–Crippen MR) is 96.2 cm³/mol. The molecule has 2 aromatic carbocycles. The normalized spacial score (nSPS) is 22.5. The second-order valence-corrected chi connectivity index (χ2v) is 6.95. The van der Waals surface area contributed by atoms with E-state index >= 15 is 0 Å². The SMILES string of the molecule is CC1CC(=O)C2=C(C1)Nc1ncnn1C2c1cccc2ccccc12. The summed E-state index contributed by atoms with van der Waals surface area (Å²) >= 11 is 0. The van der Waals surface area contributed by atoms with Crippen LogP contribution in [-0.2, 0) is 4.79 Å². The molecule has 0 saturated carbocycles. The summed E-state index contributed by atoms with van der Waals surface area (Å²) in [5, 5.41) is 10.1. The smallest absolute Gasteiger partial charge is 0.226 e. The van der Waals surface area contributed by atoms with Crippen molar-refractivity contribution in [2.75, 3.05) is 5.32 Å². The highest BCUT2D eigenvalue weighted by molar-refractivity contribution is 6.00. The van der Waals surface area contributed by atoms with E-state index in [1.165, 1.54) is 5.39 Å². The van der Waals surface area contributed by atoms with Crippen molar-refractivity contribution in [2.24, 2.45) is 5.92 Å². The van der Waals surface area contributed by atoms with Gasteiger partial charge in [0.15, 0.2) is 5.78 Å². The number of ketones is 1. The highest BCUT2D eigenvalue weighted by Gasteiger charge is 2.38. The first-order valence-electron chi connectivity index (χ1n) is 8.63. The Morgan fingerprint density at radius 1 is 1.12 bits per heavy atom. The molecule has 2 atom stereocenters. The fourth-order valence-electron chi connectivity index (χ4n) is 4.12. The fourth-order valence-corrected chi connectivity index (χ4v) is 4.12. The molecule has 5 nitrogen and oxygen atoms in total. The molecule has 3 aromatic rings. The Morgan fingerprint density at radius 2 is 1.96 bits per heavy atom. The third-order valence-electron chi connectivity index (χ3n) is 5.18. The van der Waals surface area contributed by atoms with Crippen LogP contribution >= 0.6 is 0 Å². The molecule has 124 valence electrons. The van der Waals surface area contributed by atoms with Crippen LogP contribution in [-0.4, -0.2) is 20.5 Å². The quantitative estimate of drug-likeness (QED) is 0.739. The number of fused-ring (bicyclic) bond motifs is 2. The van der Waals surface area contributed by atoms with Crippen LogP contribution in [0.2, 0.25) is 0 Å². The van der Waals surface area contributed by atoms with Crippen molar-refractivity contribution < 1.29 is 4.79 Å². The lowest BCUT2D eigenvalue weighted by molar-refractivity contribution is -0.117. The number of Topliss-reactive ketones (excluding diaryl/α,β-unsaturated/α-hetero) is 1. The molecule has 0 saturated heterocycles. The maximum atomic E-state index is 12.9. The van der Waals surface area contributed by atoms with E-state index in [4.69, 9.17) is 0 Å². The van der Waals surface area contributed by atoms with Crippen LogP contribution in [0.5, 0.6) is 0 Å². The molecule has 5 rings (SSSR count). The molecular formula is C20H18N4O. The zero-order chi connectivity index (χ0) is 17.0. The van der Waals surface area contributed by atoms with Gasteiger partial charge in [-0.2, -0.15) is 10.1 Å². The van der Waals surface area contributed by atoms with Crippen molar-refractivity contribution in [3.05, 3.63) is 65.6 Å². The fraction of sp³-hybridized carbons (Fsp3) is 0.250. The first kappa shape index (κ1) is 14.4. The number of carbonyl (C=O) groups excluding carboxylic acids is 1. The molecule has 0 amide bonds. The lowest BCUT2D eigenvalue weighted by Crippen LogP contribution is -2.33. The third-order valence-corrected chi connectivity index (χ3v) is 5.18. The van der Waals surface area contributed by atoms with Gasteiger partial charge in [-0.25, -0.2) is 4.68 Å². The van der Waals surface area contributed by atoms with Crippen molar-refractivity contribution >= 4 is 22.5 Å². The van der Waals surface area contributed by atoms with Crippen LogP contribution in [0.25, 0.3) is 10.8 Å². The number of carbonyl (C=O) groups is 1. The van der Waals surface area contributed by atoms with Crippen LogP contribution in [0.3, 0.4) is 0 Å². The summed E-state index contributed by atoms with van der Waals surface area (Å²) in [6.07, 6.45) is 3.01. The lowest BCUT2D eigenvalue weighted by atomic mass is 9.80. The minimum atomic E-state index is -0.222. The molecule has 1 aliphatic carbocycles. The number of nitrogens with one attached hydrogen (secondary N) is 1. The summed E-state index contributed by atoms with van der Waals surface area (Å²) in [7, 11) is 0. The second-order valence-electron chi connectivity index (χ2n) is 6.95. The van der Waals surface area contributed by atoms with Gasteiger partial charge in [-0.15, -0.1) is 0 Å². The Bertz CT molecular complexity index is 1030. The number of benzene rings is 2. The maximum Gasteiger partial charge on any atom is 0.226 e. The van der Waals surface area contributed by atoms with E-state index in [1.807, 2.05) is 22.9 Å². The minimum Gasteiger partial charge on any atom is -0.328 e. The van der Waals surface area contributed by atoms with Gasteiger partial charge in [0.05, 0.1) is 0 Å². The first-order chi connectivity index (χ1) is 12.2. The van der Waals surface area contributed by atoms with Crippen LogP contribution in [0.15, 0.2) is 60.1 Å². The second kappa shape index (κ2) is 5.28. The Kier molecular flexibility index (Phi) is 3.04. The molecule has 0 fully saturated rings. The summed E-state index contributed by atoms with van der Waals surface area (Å²) in [5.41, 5.74) is 2.94. The number of hydrogen-bond donors (Lipinski definition) is 1. The molecule has 25 heavy (non-hydrogen) atoms. The lowest BCUT2D eigenvalue weighted by Gasteiger charge is -2.34. The van der Waals surface area contributed by atoms with E-state index in [9.17, 15) is 4.79 Å². The van der Waals surface area contributed by atoms with Gasteiger partial charge in [-0.1, -0.05) is 49.4 Å². The predicted octanol–water partition coefficient (Wildman–Crippen LogP) is 3.70. The zero-order valence-electron chi connectivity index (χ0n) is 13.9. The van der Waals surface area contributed by atoms with Gasteiger partial charge in [0, 0.05) is 17.7 Å². The Balaban J connectivity index is 1.79. The summed E-state index contributed by atoms with van der Waals surface area (Å²) in [5.74, 6) is 1.26. The molecule has 1 aliphatic heterocycles. The van der Waals surface area contributed by atoms with E-state index in [1.54, 1.807) is 6.33 Å². The Labute approximate surface area is 145 Å². The van der Waals surface area contributed by atoms with Crippen LogP contribution in [0.1, 0.15) is 31.4 Å². The van der Waals surface area contributed by atoms with Crippen LogP contribution in [0, 0.1) is 5.92 Å². The van der Waals surface area contributed by atoms with E-state index in [2.05, 4.69) is 46.6 Å². The molecule has 2 aliphatic rings. The van der Waals surface area contributed by atoms with Crippen molar-refractivity contribution in [2.45, 2.75) is 25.8 Å². The number of anilines is 1. The Morgan fingerprint density at radius 3 is 2.88 bits per heavy atom. The molecule has 0 bridgehead atoms. The summed E-state index contributed by atoms with van der Waals surface area (Å²) < 4.78 is 1.84. The van der Waals surface area contributed by atoms with Gasteiger partial charge >= 0.3 is 0 Å². The highest BCUT2D eigenvalue weighted by Crippen LogP contribution is 2.42. The van der Waals surface area contributed by atoms with Gasteiger partial charge in [0.1, 0.15) is 12.4 Å². The topological polar surface area (TPSA) is 59.8 Å². The molecule has 0 radical (unpaired) electrons. The van der Waals surface area contributed by atoms with Gasteiger partial charge < -0.3 is 5.32 Å². The van der Waals surface area contributed by atoms with Crippen LogP contribution < -0.4 is 5.32 Å². The average molecular weight is 330 g/mol. The van der Waals surface area contributed by atoms with Crippen molar-refractivity contribution in [1.82, 2.24) is 14.8 Å². The van der Waals surface area contributed by atoms with Crippen molar-refractivity contribution in [3.8, 4) is 0 Å². The van der Waals surface area contributed by atoms with E-state index in [0.717, 1.165) is 28.6 Å². The minimum absolute atomic E-state index is 0.209. The van der Waals surface area contributed by atoms with E-state index in [-0.39, 0.29) is 11.8 Å². The summed E-state index contributed by atoms with van der Waals surface area (Å²) in [6.45, 7) is 2.12. The van der Waals surface area contributed by atoms with Crippen molar-refractivity contribution in [1.29, 1.82) is 0 Å². The molecule has 2 unspecified atom stereocenters. The third kappa shape index (κ3) is 2.12. The summed E-state index contributed by atoms with van der Waals surface area (Å²) in [6, 6.07) is 14.3. The first-order valence-corrected chi connectivity index (χ1v) is 8.63. The molecule has 1 N–H and O–H groups in total. The molecule has 1 aromatic heterocycles. The van der Waals surface area contributed by atoms with Gasteiger partial charge in [0.2, 0.25) is 5.95 Å². The maximum absolute atomic E-state index is 12.9. The van der Waals surface area contributed by atoms with Gasteiger partial charge in [0.25, 0.3) is 0 Å². The highest BCUT2D eigenvalue weighted by atomic mass is 16.1. The number of aromatic nitrogens is 3. The van der Waals surface area contributed by atoms with Gasteiger partial charge in [-0.05, 0) is 28.7 Å². The zero-order valence-corrected chi connectivity index (χ0v) is 13.9. The molecular weight excluding hydrogens is 312 g/mol. The number of hydrogen-bond acceptors (Lipinski definition) is 4. The largest absolute Gasteiger partial charge is 0.328 e. The molecule has 0 spiro atoms. The van der Waals surface area contributed by atoms with Gasteiger partial charge in [-0.3, -0.25) is 4.79 Å². The van der Waals surface area contributed by atoms with Crippen molar-refractivity contribution in [3.63, 3.8) is 0 Å². The van der Waals surface area contributed by atoms with E-state index < -0.39 is 0 Å². The molecule has 5 heteroatoms. The van der Waals surface area contributed by atoms with Crippen LogP contribution in [0.4, 0.5) is 5.95 Å². The summed E-state index contributed by atoms with van der Waals surface area (Å²) in [4.78, 5) is 17.3. The monoisotopic (exact) mass is 330 g/mol.